The van der Waals surface area contributed by atoms with E-state index in [4.69, 9.17) is 37.0 Å². The van der Waals surface area contributed by atoms with Crippen LogP contribution in [0.15, 0.2) is 0 Å². The highest BCUT2D eigenvalue weighted by molar-refractivity contribution is 7.47. The van der Waals surface area contributed by atoms with Gasteiger partial charge in [-0.15, -0.1) is 0 Å². The second-order valence-corrected chi connectivity index (χ2v) is 30.1. The predicted octanol–water partition coefficient (Wildman–Crippen LogP) is 21.7. The highest BCUT2D eigenvalue weighted by Gasteiger charge is 2.30. The zero-order valence-corrected chi connectivity index (χ0v) is 62.2. The third kappa shape index (κ3) is 68.4. The highest BCUT2D eigenvalue weighted by Crippen LogP contribution is 2.45. The van der Waals surface area contributed by atoms with Crippen LogP contribution >= 0.6 is 15.6 Å². The molecule has 0 saturated heterocycles. The van der Waals surface area contributed by atoms with Crippen LogP contribution in [0.3, 0.4) is 0 Å². The van der Waals surface area contributed by atoms with Gasteiger partial charge in [0, 0.05) is 25.7 Å². The molecule has 0 fully saturated rings. The maximum Gasteiger partial charge on any atom is 0.472 e. The van der Waals surface area contributed by atoms with E-state index in [1.54, 1.807) is 0 Å². The molecular formula is C74H144O17P2. The molecule has 0 aliphatic carbocycles. The molecule has 0 aliphatic heterocycles. The second kappa shape index (κ2) is 67.3. The summed E-state index contributed by atoms with van der Waals surface area (Å²) in [7, 11) is -9.90. The minimum atomic E-state index is -4.95. The van der Waals surface area contributed by atoms with E-state index < -0.39 is 97.5 Å². The summed E-state index contributed by atoms with van der Waals surface area (Å²) in [6.45, 7) is 7.25. The van der Waals surface area contributed by atoms with Crippen molar-refractivity contribution in [2.75, 3.05) is 39.6 Å². The Morgan fingerprint density at radius 3 is 0.731 bits per heavy atom. The van der Waals surface area contributed by atoms with Crippen LogP contribution in [0, 0.1) is 5.92 Å². The van der Waals surface area contributed by atoms with Crippen LogP contribution in [0.4, 0.5) is 0 Å². The number of carbonyl (C=O) groups is 4. The number of hydrogen-bond donors (Lipinski definition) is 3. The van der Waals surface area contributed by atoms with Gasteiger partial charge in [-0.1, -0.05) is 336 Å². The fraction of sp³-hybridized carbons (Fsp3) is 0.946. The van der Waals surface area contributed by atoms with Crippen LogP contribution in [0.5, 0.6) is 0 Å². The Kier molecular flexibility index (Phi) is 65.9. The van der Waals surface area contributed by atoms with Gasteiger partial charge in [0.25, 0.3) is 0 Å². The van der Waals surface area contributed by atoms with Gasteiger partial charge in [0.05, 0.1) is 26.4 Å². The number of carbonyl (C=O) groups excluding carboxylic acids is 4. The lowest BCUT2D eigenvalue weighted by molar-refractivity contribution is -0.161. The summed E-state index contributed by atoms with van der Waals surface area (Å²) in [6.07, 6.45) is 55.5. The lowest BCUT2D eigenvalue weighted by atomic mass is 10.0. The molecule has 0 saturated carbocycles. The molecule has 2 unspecified atom stereocenters. The topological polar surface area (TPSA) is 237 Å². The van der Waals surface area contributed by atoms with Gasteiger partial charge in [-0.05, 0) is 31.6 Å². The van der Waals surface area contributed by atoms with E-state index >= 15 is 0 Å². The highest BCUT2D eigenvalue weighted by atomic mass is 31.2. The van der Waals surface area contributed by atoms with Gasteiger partial charge in [-0.3, -0.25) is 37.3 Å². The van der Waals surface area contributed by atoms with Crippen LogP contribution in [0.25, 0.3) is 0 Å². The van der Waals surface area contributed by atoms with Gasteiger partial charge in [-0.25, -0.2) is 9.13 Å². The van der Waals surface area contributed by atoms with E-state index in [1.807, 2.05) is 0 Å². The average Bonchev–Trinajstić information content (AvgIpc) is 1.96. The summed E-state index contributed by atoms with van der Waals surface area (Å²) >= 11 is 0. The van der Waals surface area contributed by atoms with Gasteiger partial charge in [0.1, 0.15) is 19.3 Å². The lowest BCUT2D eigenvalue weighted by Gasteiger charge is -2.21. The Balaban J connectivity index is 5.20. The van der Waals surface area contributed by atoms with E-state index in [-0.39, 0.29) is 25.7 Å². The molecule has 552 valence electrons. The second-order valence-electron chi connectivity index (χ2n) is 27.2. The molecule has 0 aromatic rings. The van der Waals surface area contributed by atoms with Gasteiger partial charge in [0.15, 0.2) is 12.2 Å². The fourth-order valence-corrected chi connectivity index (χ4v) is 12.9. The molecule has 0 bridgehead atoms. The van der Waals surface area contributed by atoms with Crippen molar-refractivity contribution in [3.8, 4) is 0 Å². The number of hydrogen-bond acceptors (Lipinski definition) is 15. The minimum Gasteiger partial charge on any atom is -0.462 e. The molecule has 0 aromatic heterocycles. The van der Waals surface area contributed by atoms with Crippen LogP contribution in [-0.4, -0.2) is 96.7 Å². The van der Waals surface area contributed by atoms with Crippen LogP contribution in [0.1, 0.15) is 388 Å². The average molecular weight is 1370 g/mol. The molecule has 0 aromatic carbocycles. The first kappa shape index (κ1) is 91.1. The van der Waals surface area contributed by atoms with Crippen molar-refractivity contribution in [1.82, 2.24) is 0 Å². The lowest BCUT2D eigenvalue weighted by Crippen LogP contribution is -2.30. The van der Waals surface area contributed by atoms with Crippen molar-refractivity contribution >= 4 is 39.5 Å². The Morgan fingerprint density at radius 2 is 0.495 bits per heavy atom. The largest absolute Gasteiger partial charge is 0.472 e. The molecule has 3 N–H and O–H groups in total. The van der Waals surface area contributed by atoms with Crippen molar-refractivity contribution in [1.29, 1.82) is 0 Å². The number of phosphoric acid groups is 2. The number of rotatable bonds is 74. The quantitative estimate of drug-likeness (QED) is 0.0222. The Hall–Kier alpha value is -1.94. The van der Waals surface area contributed by atoms with Crippen molar-refractivity contribution in [2.45, 2.75) is 406 Å². The summed E-state index contributed by atoms with van der Waals surface area (Å²) in [5.74, 6) is -1.35. The van der Waals surface area contributed by atoms with E-state index in [2.05, 4.69) is 34.6 Å². The van der Waals surface area contributed by atoms with E-state index in [0.717, 1.165) is 109 Å². The van der Waals surface area contributed by atoms with E-state index in [9.17, 15) is 43.2 Å². The summed E-state index contributed by atoms with van der Waals surface area (Å²) in [4.78, 5) is 72.6. The molecule has 17 nitrogen and oxygen atoms in total. The molecule has 5 atom stereocenters. The van der Waals surface area contributed by atoms with E-state index in [0.29, 0.717) is 25.7 Å². The molecule has 19 heteroatoms. The number of ether oxygens (including phenoxy) is 4. The first-order valence-electron chi connectivity index (χ1n) is 38.6. The summed E-state index contributed by atoms with van der Waals surface area (Å²) in [5.41, 5.74) is 0. The Labute approximate surface area is 568 Å². The minimum absolute atomic E-state index is 0.106. The molecule has 0 radical (unpaired) electrons. The van der Waals surface area contributed by atoms with Crippen molar-refractivity contribution in [2.24, 2.45) is 5.92 Å². The molecule has 0 amide bonds. The maximum atomic E-state index is 13.1. The molecule has 93 heavy (non-hydrogen) atoms. The first-order chi connectivity index (χ1) is 45.0. The summed E-state index contributed by atoms with van der Waals surface area (Å²) in [6, 6.07) is 0. The third-order valence-electron chi connectivity index (χ3n) is 17.3. The first-order valence-corrected chi connectivity index (χ1v) is 41.6. The normalized spacial score (nSPS) is 14.0. The fourth-order valence-electron chi connectivity index (χ4n) is 11.4. The summed E-state index contributed by atoms with van der Waals surface area (Å²) in [5, 5.41) is 10.6. The number of unbranched alkanes of at least 4 members (excludes halogenated alkanes) is 46. The molecule has 0 heterocycles. The van der Waals surface area contributed by atoms with Gasteiger partial charge >= 0.3 is 39.5 Å². The Morgan fingerprint density at radius 1 is 0.290 bits per heavy atom. The monoisotopic (exact) mass is 1370 g/mol. The molecule has 0 rings (SSSR count). The van der Waals surface area contributed by atoms with Crippen LogP contribution < -0.4 is 0 Å². The van der Waals surface area contributed by atoms with E-state index in [1.165, 1.54) is 199 Å². The smallest absolute Gasteiger partial charge is 0.462 e. The number of aliphatic hydroxyl groups is 1. The number of aliphatic hydroxyl groups excluding tert-OH is 1. The standard InChI is InChI=1S/C74H144O17P2/c1-6-9-12-15-18-20-22-24-26-27-29-31-35-39-44-49-54-59-73(78)91-70(64-85-72(77)58-53-48-43-38-34-30-28-25-23-21-19-16-13-10-7-2)66-89-93(82,83)87-62-68(75)61-86-92(80,81)88-65-69(63-84-71(76)57-52-47-41-17-14-11-8-3)90-74(79)60-55-50-45-40-36-32-33-37-42-46-51-56-67(4)5/h67-70,75H,6-66H2,1-5H3,(H,80,81)(H,82,83)/t68-,69+,70+/m0/s1. The van der Waals surface area contributed by atoms with Crippen molar-refractivity contribution in [3.63, 3.8) is 0 Å². The number of esters is 4. The molecule has 0 spiro atoms. The van der Waals surface area contributed by atoms with Crippen LogP contribution in [-0.2, 0) is 65.4 Å². The van der Waals surface area contributed by atoms with Crippen molar-refractivity contribution < 1.29 is 80.2 Å². The number of phosphoric ester groups is 2. The summed E-state index contributed by atoms with van der Waals surface area (Å²) < 4.78 is 68.4. The molecule has 0 aliphatic rings. The third-order valence-corrected chi connectivity index (χ3v) is 19.2. The van der Waals surface area contributed by atoms with Gasteiger partial charge in [0.2, 0.25) is 0 Å². The van der Waals surface area contributed by atoms with Crippen molar-refractivity contribution in [3.05, 3.63) is 0 Å². The predicted molar refractivity (Wildman–Crippen MR) is 377 cm³/mol. The van der Waals surface area contributed by atoms with Gasteiger partial charge in [-0.2, -0.15) is 0 Å². The van der Waals surface area contributed by atoms with Gasteiger partial charge < -0.3 is 33.8 Å². The SMILES string of the molecule is CCCCCCCCCCCCCCCCCCCC(=O)O[C@H](COC(=O)CCCCCCCCCCCCCCCCC)COP(=O)(O)OC[C@@H](O)COP(=O)(O)OC[C@@H](COC(=O)CCCCCCCCC)OC(=O)CCCCCCCCCCCCCC(C)C. The molecular weight excluding hydrogens is 1220 g/mol. The zero-order valence-electron chi connectivity index (χ0n) is 60.4. The van der Waals surface area contributed by atoms with Crippen LogP contribution in [0.2, 0.25) is 0 Å². The maximum absolute atomic E-state index is 13.1. The Bertz CT molecular complexity index is 1790. The zero-order chi connectivity index (χ0) is 68.4.